The van der Waals surface area contributed by atoms with Crippen molar-refractivity contribution in [3.63, 3.8) is 0 Å². The van der Waals surface area contributed by atoms with E-state index >= 15 is 0 Å². The Morgan fingerprint density at radius 1 is 1.45 bits per heavy atom. The minimum absolute atomic E-state index is 0.957. The van der Waals surface area contributed by atoms with Gasteiger partial charge in [-0.2, -0.15) is 0 Å². The lowest BCUT2D eigenvalue weighted by atomic mass is 10.1. The zero-order chi connectivity index (χ0) is 7.68. The van der Waals surface area contributed by atoms with Gasteiger partial charge in [-0.1, -0.05) is 6.07 Å². The van der Waals surface area contributed by atoms with Crippen LogP contribution in [0.15, 0.2) is 18.2 Å². The van der Waals surface area contributed by atoms with Gasteiger partial charge in [0.25, 0.3) is 0 Å². The lowest BCUT2D eigenvalue weighted by Gasteiger charge is -2.02. The first kappa shape index (κ1) is 6.49. The molecular formula is C8H11N3. The van der Waals surface area contributed by atoms with E-state index in [0.29, 0.717) is 0 Å². The predicted molar refractivity (Wildman–Crippen MR) is 46.4 cm³/mol. The molecule has 1 aliphatic rings. The molecule has 0 aromatic heterocycles. The molecule has 0 amide bonds. The van der Waals surface area contributed by atoms with Crippen molar-refractivity contribution >= 4 is 11.4 Å². The number of nitrogens with two attached hydrogens (primary N) is 1. The maximum absolute atomic E-state index is 5.27. The molecule has 1 heterocycles. The molecule has 0 saturated carbocycles. The van der Waals surface area contributed by atoms with E-state index in [2.05, 4.69) is 16.8 Å². The molecule has 4 N–H and O–H groups in total. The van der Waals surface area contributed by atoms with Gasteiger partial charge in [0.1, 0.15) is 0 Å². The summed E-state index contributed by atoms with van der Waals surface area (Å²) in [4.78, 5) is 0. The number of hydrogen-bond donors (Lipinski definition) is 3. The normalized spacial score (nSPS) is 13.9. The average molecular weight is 149 g/mol. The monoisotopic (exact) mass is 149 g/mol. The smallest absolute Gasteiger partial charge is 0.0505 e. The Labute approximate surface area is 65.6 Å². The number of hydrazine groups is 1. The summed E-state index contributed by atoms with van der Waals surface area (Å²) < 4.78 is 0. The molecule has 0 aliphatic carbocycles. The van der Waals surface area contributed by atoms with Crippen molar-refractivity contribution in [3.8, 4) is 0 Å². The van der Waals surface area contributed by atoms with Crippen LogP contribution in [0.5, 0.6) is 0 Å². The van der Waals surface area contributed by atoms with Crippen LogP contribution in [-0.2, 0) is 6.42 Å². The second kappa shape index (κ2) is 2.43. The topological polar surface area (TPSA) is 50.1 Å². The number of fused-ring (bicyclic) bond motifs is 1. The number of nitrogens with one attached hydrogen (secondary N) is 2. The summed E-state index contributed by atoms with van der Waals surface area (Å²) in [5.74, 6) is 5.27. The maximum atomic E-state index is 5.27. The summed E-state index contributed by atoms with van der Waals surface area (Å²) in [6.07, 6.45) is 1.13. The van der Waals surface area contributed by atoms with Crippen molar-refractivity contribution in [2.45, 2.75) is 6.42 Å². The number of hydrogen-bond acceptors (Lipinski definition) is 3. The van der Waals surface area contributed by atoms with Gasteiger partial charge in [-0.15, -0.1) is 0 Å². The molecule has 0 bridgehead atoms. The second-order valence-corrected chi connectivity index (χ2v) is 2.69. The summed E-state index contributed by atoms with van der Waals surface area (Å²) in [6, 6.07) is 6.12. The highest BCUT2D eigenvalue weighted by atomic mass is 15.2. The Morgan fingerprint density at radius 2 is 2.36 bits per heavy atom. The van der Waals surface area contributed by atoms with Gasteiger partial charge in [0.15, 0.2) is 0 Å². The van der Waals surface area contributed by atoms with Crippen LogP contribution in [0.3, 0.4) is 0 Å². The first-order valence-electron chi connectivity index (χ1n) is 3.73. The third kappa shape index (κ3) is 1.03. The lowest BCUT2D eigenvalue weighted by molar-refractivity contribution is 1.11. The van der Waals surface area contributed by atoms with Gasteiger partial charge in [0.05, 0.1) is 5.69 Å². The third-order valence-electron chi connectivity index (χ3n) is 1.99. The van der Waals surface area contributed by atoms with E-state index in [-0.39, 0.29) is 0 Å². The predicted octanol–water partition coefficient (Wildman–Crippen LogP) is 0.940. The average Bonchev–Trinajstić information content (AvgIpc) is 2.50. The number of benzene rings is 1. The Kier molecular flexibility index (Phi) is 1.43. The van der Waals surface area contributed by atoms with Crippen LogP contribution in [0.4, 0.5) is 11.4 Å². The van der Waals surface area contributed by atoms with E-state index in [1.165, 1.54) is 11.3 Å². The minimum atomic E-state index is 0.957. The van der Waals surface area contributed by atoms with Gasteiger partial charge in [-0.05, 0) is 24.1 Å². The van der Waals surface area contributed by atoms with Gasteiger partial charge in [0, 0.05) is 12.2 Å². The quantitative estimate of drug-likeness (QED) is 0.411. The summed E-state index contributed by atoms with van der Waals surface area (Å²) >= 11 is 0. The zero-order valence-corrected chi connectivity index (χ0v) is 6.22. The van der Waals surface area contributed by atoms with E-state index in [0.717, 1.165) is 18.7 Å². The molecule has 0 saturated heterocycles. The highest BCUT2D eigenvalue weighted by Gasteiger charge is 2.08. The molecule has 0 unspecified atom stereocenters. The van der Waals surface area contributed by atoms with Gasteiger partial charge in [0.2, 0.25) is 0 Å². The fourth-order valence-electron chi connectivity index (χ4n) is 1.38. The number of anilines is 2. The number of nitrogen functional groups attached to an aromatic ring is 1. The lowest BCUT2D eigenvalue weighted by Crippen LogP contribution is -2.06. The van der Waals surface area contributed by atoms with Crippen LogP contribution in [0, 0.1) is 0 Å². The van der Waals surface area contributed by atoms with Crippen molar-refractivity contribution in [1.82, 2.24) is 0 Å². The molecule has 2 rings (SSSR count). The fourth-order valence-corrected chi connectivity index (χ4v) is 1.38. The molecule has 1 aliphatic heterocycles. The second-order valence-electron chi connectivity index (χ2n) is 2.69. The molecule has 0 spiro atoms. The van der Waals surface area contributed by atoms with E-state index in [1.54, 1.807) is 0 Å². The van der Waals surface area contributed by atoms with Gasteiger partial charge >= 0.3 is 0 Å². The Hall–Kier alpha value is -1.22. The summed E-state index contributed by atoms with van der Waals surface area (Å²) in [5, 5.41) is 3.28. The highest BCUT2D eigenvalue weighted by Crippen LogP contribution is 2.24. The van der Waals surface area contributed by atoms with Crippen LogP contribution in [0.2, 0.25) is 0 Å². The maximum Gasteiger partial charge on any atom is 0.0505 e. The first-order valence-corrected chi connectivity index (χ1v) is 3.73. The van der Waals surface area contributed by atoms with Crippen molar-refractivity contribution in [2.24, 2.45) is 5.84 Å². The molecule has 1 aromatic carbocycles. The van der Waals surface area contributed by atoms with Crippen LogP contribution >= 0.6 is 0 Å². The van der Waals surface area contributed by atoms with Crippen LogP contribution in [-0.4, -0.2) is 6.54 Å². The van der Waals surface area contributed by atoms with Crippen molar-refractivity contribution in [2.75, 3.05) is 17.3 Å². The molecule has 0 fully saturated rings. The minimum Gasteiger partial charge on any atom is -0.384 e. The largest absolute Gasteiger partial charge is 0.384 e. The highest BCUT2D eigenvalue weighted by molar-refractivity contribution is 5.63. The van der Waals surface area contributed by atoms with E-state index in [4.69, 9.17) is 5.84 Å². The summed E-state index contributed by atoms with van der Waals surface area (Å²) in [6.45, 7) is 1.04. The molecule has 0 atom stereocenters. The van der Waals surface area contributed by atoms with Crippen molar-refractivity contribution in [3.05, 3.63) is 23.8 Å². The molecule has 11 heavy (non-hydrogen) atoms. The molecule has 3 nitrogen and oxygen atoms in total. The van der Waals surface area contributed by atoms with E-state index < -0.39 is 0 Å². The van der Waals surface area contributed by atoms with E-state index in [9.17, 15) is 0 Å². The standard InChI is InChI=1S/C8H11N3/c9-11-7-2-1-6-3-4-10-8(6)5-7/h1-2,5,10-11H,3-4,9H2. The van der Waals surface area contributed by atoms with Crippen molar-refractivity contribution in [1.29, 1.82) is 0 Å². The first-order chi connectivity index (χ1) is 5.40. The van der Waals surface area contributed by atoms with Crippen LogP contribution in [0.1, 0.15) is 5.56 Å². The molecule has 0 radical (unpaired) electrons. The van der Waals surface area contributed by atoms with Gasteiger partial charge in [-0.25, -0.2) is 0 Å². The van der Waals surface area contributed by atoms with E-state index in [1.807, 2.05) is 12.1 Å². The molecule has 58 valence electrons. The summed E-state index contributed by atoms with van der Waals surface area (Å²) in [5.41, 5.74) is 6.16. The molecule has 1 aromatic rings. The van der Waals surface area contributed by atoms with Gasteiger partial charge < -0.3 is 10.7 Å². The summed E-state index contributed by atoms with van der Waals surface area (Å²) in [7, 11) is 0. The fraction of sp³-hybridized carbons (Fsp3) is 0.250. The molecule has 3 heteroatoms. The molecular weight excluding hydrogens is 138 g/mol. The third-order valence-corrected chi connectivity index (χ3v) is 1.99. The number of rotatable bonds is 1. The SMILES string of the molecule is NNc1ccc2c(c1)NCC2. The Morgan fingerprint density at radius 3 is 3.18 bits per heavy atom. The van der Waals surface area contributed by atoms with Gasteiger partial charge in [-0.3, -0.25) is 5.84 Å². The Balaban J connectivity index is 2.41. The zero-order valence-electron chi connectivity index (χ0n) is 6.22. The van der Waals surface area contributed by atoms with Crippen LogP contribution in [0.25, 0.3) is 0 Å². The van der Waals surface area contributed by atoms with Crippen molar-refractivity contribution < 1.29 is 0 Å². The Bertz CT molecular complexity index is 270. The van der Waals surface area contributed by atoms with Crippen LogP contribution < -0.4 is 16.6 Å².